The largest absolute Gasteiger partial charge is 0.350 e. The number of thioether (sulfide) groups is 1. The molecule has 3 aromatic heterocycles. The molecule has 8 heteroatoms. The number of benzene rings is 1. The predicted molar refractivity (Wildman–Crippen MR) is 101 cm³/mol. The van der Waals surface area contributed by atoms with E-state index in [0.717, 1.165) is 23.1 Å². The Morgan fingerprint density at radius 3 is 2.62 bits per heavy atom. The standard InChI is InChI=1S/C18H18N6OS/c1-2-22-16(14-8-4-3-5-9-14)19-20-17(22)26-13-12-24-18(25)23-11-7-6-10-15(23)21-24/h3-11H,2,12-13H2,1H3. The van der Waals surface area contributed by atoms with E-state index in [1.807, 2.05) is 48.5 Å². The van der Waals surface area contributed by atoms with Crippen LogP contribution < -0.4 is 5.69 Å². The van der Waals surface area contributed by atoms with E-state index in [-0.39, 0.29) is 5.69 Å². The number of fused-ring (bicyclic) bond motifs is 1. The summed E-state index contributed by atoms with van der Waals surface area (Å²) >= 11 is 1.58. The normalized spacial score (nSPS) is 11.3. The molecule has 0 radical (unpaired) electrons. The molecular weight excluding hydrogens is 348 g/mol. The zero-order chi connectivity index (χ0) is 17.9. The molecule has 0 aliphatic heterocycles. The van der Waals surface area contributed by atoms with Gasteiger partial charge < -0.3 is 4.57 Å². The van der Waals surface area contributed by atoms with Crippen molar-refractivity contribution in [1.82, 2.24) is 28.9 Å². The first-order valence-corrected chi connectivity index (χ1v) is 9.42. The van der Waals surface area contributed by atoms with Gasteiger partial charge in [0.25, 0.3) is 0 Å². The van der Waals surface area contributed by atoms with Crippen molar-refractivity contribution in [2.75, 3.05) is 5.75 Å². The molecule has 4 rings (SSSR count). The Labute approximate surface area is 154 Å². The van der Waals surface area contributed by atoms with Crippen LogP contribution in [0.2, 0.25) is 0 Å². The summed E-state index contributed by atoms with van der Waals surface area (Å²) in [5.74, 6) is 1.55. The molecule has 0 bridgehead atoms. The number of hydrogen-bond acceptors (Lipinski definition) is 5. The Hall–Kier alpha value is -2.87. The van der Waals surface area contributed by atoms with E-state index < -0.39 is 0 Å². The van der Waals surface area contributed by atoms with Crippen LogP contribution in [-0.2, 0) is 13.1 Å². The molecule has 3 heterocycles. The minimum absolute atomic E-state index is 0.122. The van der Waals surface area contributed by atoms with Crippen LogP contribution in [0.5, 0.6) is 0 Å². The van der Waals surface area contributed by atoms with Gasteiger partial charge in [-0.05, 0) is 19.1 Å². The van der Waals surface area contributed by atoms with E-state index >= 15 is 0 Å². The van der Waals surface area contributed by atoms with Gasteiger partial charge in [0.05, 0.1) is 6.54 Å². The van der Waals surface area contributed by atoms with Crippen molar-refractivity contribution in [2.45, 2.75) is 25.2 Å². The van der Waals surface area contributed by atoms with Crippen LogP contribution >= 0.6 is 11.8 Å². The molecule has 0 atom stereocenters. The lowest BCUT2D eigenvalue weighted by atomic mass is 10.2. The van der Waals surface area contributed by atoms with E-state index in [9.17, 15) is 4.79 Å². The molecule has 0 N–H and O–H groups in total. The van der Waals surface area contributed by atoms with Crippen LogP contribution in [-0.4, -0.2) is 34.7 Å². The average Bonchev–Trinajstić information content (AvgIpc) is 3.24. The maximum Gasteiger partial charge on any atom is 0.350 e. The fraction of sp³-hybridized carbons (Fsp3) is 0.222. The second-order valence-electron chi connectivity index (χ2n) is 5.70. The van der Waals surface area contributed by atoms with Gasteiger partial charge >= 0.3 is 5.69 Å². The SMILES string of the molecule is CCn1c(SCCn2nc3ccccn3c2=O)nnc1-c1ccccc1. The van der Waals surface area contributed by atoms with Crippen molar-refractivity contribution < 1.29 is 0 Å². The number of aromatic nitrogens is 6. The first kappa shape index (κ1) is 16.6. The molecule has 0 saturated heterocycles. The maximum absolute atomic E-state index is 12.3. The number of nitrogens with zero attached hydrogens (tertiary/aromatic N) is 6. The van der Waals surface area contributed by atoms with Crippen molar-refractivity contribution >= 4 is 17.4 Å². The van der Waals surface area contributed by atoms with E-state index in [0.29, 0.717) is 17.9 Å². The Balaban J connectivity index is 1.50. The monoisotopic (exact) mass is 366 g/mol. The molecule has 132 valence electrons. The number of pyridine rings is 1. The van der Waals surface area contributed by atoms with Crippen LogP contribution in [0.4, 0.5) is 0 Å². The van der Waals surface area contributed by atoms with Gasteiger partial charge in [0.2, 0.25) is 0 Å². The van der Waals surface area contributed by atoms with Gasteiger partial charge in [0.15, 0.2) is 16.6 Å². The van der Waals surface area contributed by atoms with Crippen LogP contribution in [0.1, 0.15) is 6.92 Å². The summed E-state index contributed by atoms with van der Waals surface area (Å²) in [4.78, 5) is 12.3. The molecule has 26 heavy (non-hydrogen) atoms. The lowest BCUT2D eigenvalue weighted by molar-refractivity contribution is 0.636. The smallest absolute Gasteiger partial charge is 0.302 e. The zero-order valence-corrected chi connectivity index (χ0v) is 15.1. The summed E-state index contributed by atoms with van der Waals surface area (Å²) in [6.07, 6.45) is 1.73. The fourth-order valence-corrected chi connectivity index (χ4v) is 3.74. The molecule has 0 saturated carbocycles. The summed E-state index contributed by atoms with van der Waals surface area (Å²) in [6.45, 7) is 3.38. The highest BCUT2D eigenvalue weighted by Crippen LogP contribution is 2.23. The van der Waals surface area contributed by atoms with Gasteiger partial charge in [-0.1, -0.05) is 48.2 Å². The topological polar surface area (TPSA) is 70.0 Å². The molecule has 0 fully saturated rings. The summed E-state index contributed by atoms with van der Waals surface area (Å²) in [7, 11) is 0. The summed E-state index contributed by atoms with van der Waals surface area (Å²) in [5.41, 5.74) is 1.58. The third-order valence-electron chi connectivity index (χ3n) is 4.09. The minimum atomic E-state index is -0.122. The molecule has 4 aromatic rings. The second kappa shape index (κ2) is 7.17. The van der Waals surface area contributed by atoms with Gasteiger partial charge in [-0.2, -0.15) is 0 Å². The van der Waals surface area contributed by atoms with Crippen LogP contribution in [0, 0.1) is 0 Å². The van der Waals surface area contributed by atoms with Crippen molar-refractivity contribution in [3.63, 3.8) is 0 Å². The van der Waals surface area contributed by atoms with E-state index in [1.54, 1.807) is 22.4 Å². The van der Waals surface area contributed by atoms with Gasteiger partial charge in [-0.15, -0.1) is 15.3 Å². The summed E-state index contributed by atoms with van der Waals surface area (Å²) < 4.78 is 5.13. The van der Waals surface area contributed by atoms with Crippen molar-refractivity contribution in [3.8, 4) is 11.4 Å². The third kappa shape index (κ3) is 3.03. The third-order valence-corrected chi connectivity index (χ3v) is 5.03. The van der Waals surface area contributed by atoms with Crippen molar-refractivity contribution in [3.05, 3.63) is 65.2 Å². The summed E-state index contributed by atoms with van der Waals surface area (Å²) in [6, 6.07) is 15.5. The molecule has 0 unspecified atom stereocenters. The quantitative estimate of drug-likeness (QED) is 0.491. The van der Waals surface area contributed by atoms with Crippen LogP contribution in [0.15, 0.2) is 64.7 Å². The maximum atomic E-state index is 12.3. The molecule has 1 aromatic carbocycles. The highest BCUT2D eigenvalue weighted by Gasteiger charge is 2.13. The fourth-order valence-electron chi connectivity index (χ4n) is 2.82. The molecule has 0 aliphatic carbocycles. The Bertz CT molecular complexity index is 1080. The van der Waals surface area contributed by atoms with E-state index in [4.69, 9.17) is 0 Å². The molecule has 0 amide bonds. The lowest BCUT2D eigenvalue weighted by Crippen LogP contribution is -2.22. The number of hydrogen-bond donors (Lipinski definition) is 0. The first-order valence-electron chi connectivity index (χ1n) is 8.43. The minimum Gasteiger partial charge on any atom is -0.302 e. The van der Waals surface area contributed by atoms with E-state index in [2.05, 4.69) is 26.8 Å². The molecule has 0 spiro atoms. The highest BCUT2D eigenvalue weighted by atomic mass is 32.2. The number of rotatable bonds is 6. The lowest BCUT2D eigenvalue weighted by Gasteiger charge is -2.07. The second-order valence-corrected chi connectivity index (χ2v) is 6.76. The highest BCUT2D eigenvalue weighted by molar-refractivity contribution is 7.99. The molecule has 7 nitrogen and oxygen atoms in total. The van der Waals surface area contributed by atoms with Crippen LogP contribution in [0.3, 0.4) is 0 Å². The van der Waals surface area contributed by atoms with Gasteiger partial charge in [0.1, 0.15) is 0 Å². The molecular formula is C18H18N6OS. The Morgan fingerprint density at radius 1 is 1.04 bits per heavy atom. The zero-order valence-electron chi connectivity index (χ0n) is 14.3. The van der Waals surface area contributed by atoms with E-state index in [1.165, 1.54) is 4.68 Å². The van der Waals surface area contributed by atoms with Crippen molar-refractivity contribution in [2.24, 2.45) is 0 Å². The Kier molecular flexibility index (Phi) is 4.57. The van der Waals surface area contributed by atoms with Crippen LogP contribution in [0.25, 0.3) is 17.0 Å². The Morgan fingerprint density at radius 2 is 1.85 bits per heavy atom. The molecule has 0 aliphatic rings. The number of aryl methyl sites for hydroxylation is 1. The first-order chi connectivity index (χ1) is 12.8. The summed E-state index contributed by atoms with van der Waals surface area (Å²) in [5, 5.41) is 13.9. The van der Waals surface area contributed by atoms with Gasteiger partial charge in [-0.3, -0.25) is 4.40 Å². The van der Waals surface area contributed by atoms with Gasteiger partial charge in [-0.25, -0.2) is 9.48 Å². The van der Waals surface area contributed by atoms with Gasteiger partial charge in [0, 0.05) is 24.1 Å². The predicted octanol–water partition coefficient (Wildman–Crippen LogP) is 2.57. The van der Waals surface area contributed by atoms with Crippen molar-refractivity contribution in [1.29, 1.82) is 0 Å². The average molecular weight is 366 g/mol.